The number of non-ortho nitro benzene ring substituents is 1. The van der Waals surface area contributed by atoms with Gasteiger partial charge in [-0.1, -0.05) is 0 Å². The summed E-state index contributed by atoms with van der Waals surface area (Å²) in [5, 5.41) is 10.5. The van der Waals surface area contributed by atoms with Gasteiger partial charge in [0.2, 0.25) is 0 Å². The summed E-state index contributed by atoms with van der Waals surface area (Å²) in [7, 11) is 0. The zero-order valence-electron chi connectivity index (χ0n) is 8.85. The van der Waals surface area contributed by atoms with Gasteiger partial charge in [-0.15, -0.1) is 0 Å². The summed E-state index contributed by atoms with van der Waals surface area (Å²) < 4.78 is 0. The molecule has 0 aliphatic carbocycles. The minimum absolute atomic E-state index is 0.0727. The molecule has 5 nitrogen and oxygen atoms in total. The molecule has 2 rings (SSSR count). The molecule has 0 aliphatic rings. The molecule has 0 N–H and O–H groups in total. The van der Waals surface area contributed by atoms with Gasteiger partial charge in [0.05, 0.1) is 16.8 Å². The standard InChI is InChI=1S/C12H9N3O2/c16-15(17)12-5-3-10(4-6-12)8-14-11-2-1-7-13-9-11/h1-9H. The predicted octanol–water partition coefficient (Wildman–Crippen LogP) is 2.74. The number of nitrogens with zero attached hydrogens (tertiary/aromatic N) is 3. The second-order valence-electron chi connectivity index (χ2n) is 3.32. The molecule has 0 spiro atoms. The van der Waals surface area contributed by atoms with E-state index in [1.807, 2.05) is 6.07 Å². The molecule has 0 fully saturated rings. The van der Waals surface area contributed by atoms with Gasteiger partial charge in [0.1, 0.15) is 0 Å². The van der Waals surface area contributed by atoms with E-state index in [9.17, 15) is 10.1 Å². The lowest BCUT2D eigenvalue weighted by Gasteiger charge is -1.94. The fourth-order valence-electron chi connectivity index (χ4n) is 1.26. The van der Waals surface area contributed by atoms with Crippen LogP contribution in [0.15, 0.2) is 53.8 Å². The van der Waals surface area contributed by atoms with Crippen molar-refractivity contribution in [2.45, 2.75) is 0 Å². The van der Waals surface area contributed by atoms with Crippen LogP contribution in [-0.2, 0) is 0 Å². The van der Waals surface area contributed by atoms with Crippen LogP contribution in [0, 0.1) is 10.1 Å². The smallest absolute Gasteiger partial charge is 0.262 e. The minimum Gasteiger partial charge on any atom is -0.262 e. The lowest BCUT2D eigenvalue weighted by atomic mass is 10.2. The van der Waals surface area contributed by atoms with Gasteiger partial charge in [0, 0.05) is 24.5 Å². The second-order valence-corrected chi connectivity index (χ2v) is 3.32. The zero-order valence-corrected chi connectivity index (χ0v) is 8.85. The van der Waals surface area contributed by atoms with Gasteiger partial charge in [-0.25, -0.2) is 0 Å². The third-order valence-electron chi connectivity index (χ3n) is 2.11. The molecule has 0 bridgehead atoms. The van der Waals surface area contributed by atoms with Crippen LogP contribution in [0.2, 0.25) is 0 Å². The molecule has 5 heteroatoms. The van der Waals surface area contributed by atoms with E-state index in [0.717, 1.165) is 11.3 Å². The SMILES string of the molecule is O=[N+]([O-])c1ccc(C=Nc2cccnc2)cc1. The number of aliphatic imine (C=N–C) groups is 1. The lowest BCUT2D eigenvalue weighted by Crippen LogP contribution is -1.88. The fourth-order valence-corrected chi connectivity index (χ4v) is 1.26. The zero-order chi connectivity index (χ0) is 12.1. The van der Waals surface area contributed by atoms with Crippen molar-refractivity contribution in [3.8, 4) is 0 Å². The highest BCUT2D eigenvalue weighted by Crippen LogP contribution is 2.12. The Bertz CT molecular complexity index is 535. The molecule has 0 saturated heterocycles. The molecule has 0 unspecified atom stereocenters. The van der Waals surface area contributed by atoms with Crippen LogP contribution in [0.3, 0.4) is 0 Å². The predicted molar refractivity (Wildman–Crippen MR) is 64.6 cm³/mol. The Morgan fingerprint density at radius 2 is 2.00 bits per heavy atom. The molecular formula is C12H9N3O2. The van der Waals surface area contributed by atoms with E-state index in [-0.39, 0.29) is 5.69 Å². The maximum absolute atomic E-state index is 10.5. The van der Waals surface area contributed by atoms with E-state index < -0.39 is 4.92 Å². The lowest BCUT2D eigenvalue weighted by molar-refractivity contribution is -0.384. The second kappa shape index (κ2) is 4.98. The molecule has 0 amide bonds. The van der Waals surface area contributed by atoms with Crippen molar-refractivity contribution in [1.82, 2.24) is 4.98 Å². The van der Waals surface area contributed by atoms with Gasteiger partial charge in [0.25, 0.3) is 5.69 Å². The molecule has 84 valence electrons. The van der Waals surface area contributed by atoms with Crippen molar-refractivity contribution >= 4 is 17.6 Å². The van der Waals surface area contributed by atoms with Crippen LogP contribution < -0.4 is 0 Å². The van der Waals surface area contributed by atoms with Gasteiger partial charge >= 0.3 is 0 Å². The van der Waals surface area contributed by atoms with Crippen molar-refractivity contribution in [2.75, 3.05) is 0 Å². The van der Waals surface area contributed by atoms with Crippen molar-refractivity contribution in [1.29, 1.82) is 0 Å². The average molecular weight is 227 g/mol. The Kier molecular flexibility index (Phi) is 3.20. The normalized spacial score (nSPS) is 10.6. The Balaban J connectivity index is 2.14. The summed E-state index contributed by atoms with van der Waals surface area (Å²) in [6.45, 7) is 0. The van der Waals surface area contributed by atoms with Crippen LogP contribution >= 0.6 is 0 Å². The van der Waals surface area contributed by atoms with Crippen molar-refractivity contribution < 1.29 is 4.92 Å². The summed E-state index contributed by atoms with van der Waals surface area (Å²) in [5.41, 5.74) is 1.62. The van der Waals surface area contributed by atoms with Crippen LogP contribution in [0.25, 0.3) is 0 Å². The van der Waals surface area contributed by atoms with Crippen molar-refractivity contribution in [3.05, 3.63) is 64.5 Å². The first kappa shape index (κ1) is 10.9. The number of hydrogen-bond donors (Lipinski definition) is 0. The number of nitro groups is 1. The maximum Gasteiger partial charge on any atom is 0.269 e. The van der Waals surface area contributed by atoms with Gasteiger partial charge < -0.3 is 0 Å². The average Bonchev–Trinajstić information content (AvgIpc) is 2.38. The van der Waals surface area contributed by atoms with E-state index in [0.29, 0.717) is 0 Å². The first-order valence-corrected chi connectivity index (χ1v) is 4.94. The van der Waals surface area contributed by atoms with E-state index in [1.54, 1.807) is 36.8 Å². The first-order chi connectivity index (χ1) is 8.25. The quantitative estimate of drug-likeness (QED) is 0.460. The largest absolute Gasteiger partial charge is 0.269 e. The van der Waals surface area contributed by atoms with E-state index in [4.69, 9.17) is 0 Å². The number of hydrogen-bond acceptors (Lipinski definition) is 4. The highest BCUT2D eigenvalue weighted by Gasteiger charge is 2.02. The molecule has 1 heterocycles. The van der Waals surface area contributed by atoms with Crippen LogP contribution in [0.1, 0.15) is 5.56 Å². The number of benzene rings is 1. The molecule has 0 radical (unpaired) electrons. The fraction of sp³-hybridized carbons (Fsp3) is 0. The number of pyridine rings is 1. The summed E-state index contributed by atoms with van der Waals surface area (Å²) in [5.74, 6) is 0. The van der Waals surface area contributed by atoms with Crippen LogP contribution in [0.5, 0.6) is 0 Å². The number of aromatic nitrogens is 1. The molecule has 17 heavy (non-hydrogen) atoms. The summed E-state index contributed by atoms with van der Waals surface area (Å²) in [6.07, 6.45) is 4.95. The topological polar surface area (TPSA) is 68.4 Å². The highest BCUT2D eigenvalue weighted by molar-refractivity contribution is 5.82. The van der Waals surface area contributed by atoms with Crippen LogP contribution in [-0.4, -0.2) is 16.1 Å². The van der Waals surface area contributed by atoms with E-state index >= 15 is 0 Å². The number of rotatable bonds is 3. The van der Waals surface area contributed by atoms with Gasteiger partial charge in [-0.3, -0.25) is 20.1 Å². The van der Waals surface area contributed by atoms with E-state index in [2.05, 4.69) is 9.98 Å². The molecule has 2 aromatic rings. The molecule has 0 atom stereocenters. The molecule has 0 aliphatic heterocycles. The van der Waals surface area contributed by atoms with E-state index in [1.165, 1.54) is 12.1 Å². The molecule has 0 saturated carbocycles. The summed E-state index contributed by atoms with van der Waals surface area (Å²) >= 11 is 0. The summed E-state index contributed by atoms with van der Waals surface area (Å²) in [6, 6.07) is 9.82. The Morgan fingerprint density at radius 3 is 2.59 bits per heavy atom. The van der Waals surface area contributed by atoms with Gasteiger partial charge in [-0.2, -0.15) is 0 Å². The van der Waals surface area contributed by atoms with Crippen molar-refractivity contribution in [2.24, 2.45) is 4.99 Å². The first-order valence-electron chi connectivity index (χ1n) is 4.94. The Morgan fingerprint density at radius 1 is 1.24 bits per heavy atom. The Hall–Kier alpha value is -2.56. The number of nitro benzene ring substituents is 1. The third kappa shape index (κ3) is 2.94. The minimum atomic E-state index is -0.429. The monoisotopic (exact) mass is 227 g/mol. The molecule has 1 aromatic heterocycles. The van der Waals surface area contributed by atoms with Crippen LogP contribution in [0.4, 0.5) is 11.4 Å². The highest BCUT2D eigenvalue weighted by atomic mass is 16.6. The summed E-state index contributed by atoms with van der Waals surface area (Å²) in [4.78, 5) is 18.2. The third-order valence-corrected chi connectivity index (χ3v) is 2.11. The molecular weight excluding hydrogens is 218 g/mol. The van der Waals surface area contributed by atoms with Crippen molar-refractivity contribution in [3.63, 3.8) is 0 Å². The van der Waals surface area contributed by atoms with Gasteiger partial charge in [-0.05, 0) is 29.8 Å². The maximum atomic E-state index is 10.5. The Labute approximate surface area is 97.6 Å². The molecule has 1 aromatic carbocycles. The van der Waals surface area contributed by atoms with Gasteiger partial charge in [0.15, 0.2) is 0 Å².